The Balaban J connectivity index is 1.78. The predicted octanol–water partition coefficient (Wildman–Crippen LogP) is 1.45. The lowest BCUT2D eigenvalue weighted by Gasteiger charge is -2.45. The predicted molar refractivity (Wildman–Crippen MR) is 85.1 cm³/mol. The molecule has 24 heavy (non-hydrogen) atoms. The summed E-state index contributed by atoms with van der Waals surface area (Å²) in [6.45, 7) is 0.814. The highest BCUT2D eigenvalue weighted by Crippen LogP contribution is 2.53. The first-order chi connectivity index (χ1) is 11.6. The zero-order valence-electron chi connectivity index (χ0n) is 13.8. The van der Waals surface area contributed by atoms with Gasteiger partial charge in [0.05, 0.1) is 30.7 Å². The van der Waals surface area contributed by atoms with E-state index in [0.29, 0.717) is 25.3 Å². The number of anilines is 1. The number of amides is 2. The van der Waals surface area contributed by atoms with E-state index in [1.807, 2.05) is 18.2 Å². The molecule has 6 heteroatoms. The lowest BCUT2D eigenvalue weighted by atomic mass is 9.65. The van der Waals surface area contributed by atoms with E-state index >= 15 is 0 Å². The first-order valence-corrected chi connectivity index (χ1v) is 8.24. The molecule has 1 aliphatic carbocycles. The molecule has 0 spiro atoms. The number of benzene rings is 1. The summed E-state index contributed by atoms with van der Waals surface area (Å²) in [6.07, 6.45) is 0.563. The molecule has 4 aliphatic rings. The Labute approximate surface area is 140 Å². The van der Waals surface area contributed by atoms with E-state index in [1.54, 1.807) is 26.4 Å². The normalized spacial score (nSPS) is 34.3. The van der Waals surface area contributed by atoms with E-state index in [0.717, 1.165) is 0 Å². The highest BCUT2D eigenvalue weighted by molar-refractivity contribution is 6.22. The van der Waals surface area contributed by atoms with Gasteiger partial charge < -0.3 is 14.2 Å². The van der Waals surface area contributed by atoms with Crippen molar-refractivity contribution in [2.24, 2.45) is 23.7 Å². The largest absolute Gasteiger partial charge is 0.381 e. The number of fused-ring (bicyclic) bond motifs is 3. The summed E-state index contributed by atoms with van der Waals surface area (Å²) in [7, 11) is 3.19. The smallest absolute Gasteiger partial charge is 0.238 e. The fraction of sp³-hybridized carbons (Fsp3) is 0.556. The maximum absolute atomic E-state index is 13.2. The highest BCUT2D eigenvalue weighted by atomic mass is 16.7. The highest BCUT2D eigenvalue weighted by Gasteiger charge is 2.65. The number of imide groups is 1. The van der Waals surface area contributed by atoms with E-state index in [-0.39, 0.29) is 29.6 Å². The summed E-state index contributed by atoms with van der Waals surface area (Å²) >= 11 is 0. The van der Waals surface area contributed by atoms with Gasteiger partial charge in [0.25, 0.3) is 0 Å². The van der Waals surface area contributed by atoms with E-state index in [9.17, 15) is 9.59 Å². The Hall–Kier alpha value is -1.76. The number of carbonyl (C=O) groups excluding carboxylic acids is 2. The molecule has 128 valence electrons. The minimum atomic E-state index is -0.870. The van der Waals surface area contributed by atoms with Crippen molar-refractivity contribution in [3.8, 4) is 0 Å². The molecule has 3 aliphatic heterocycles. The third kappa shape index (κ3) is 2.00. The summed E-state index contributed by atoms with van der Waals surface area (Å²) in [4.78, 5) is 27.5. The molecule has 0 radical (unpaired) electrons. The van der Waals surface area contributed by atoms with Crippen LogP contribution >= 0.6 is 0 Å². The number of rotatable bonds is 3. The van der Waals surface area contributed by atoms with E-state index in [1.165, 1.54) is 4.90 Å². The number of hydrogen-bond acceptors (Lipinski definition) is 5. The van der Waals surface area contributed by atoms with Gasteiger partial charge >= 0.3 is 0 Å². The number of ether oxygens (including phenoxy) is 3. The lowest BCUT2D eigenvalue weighted by molar-refractivity contribution is -0.271. The van der Waals surface area contributed by atoms with Gasteiger partial charge in [0.1, 0.15) is 0 Å². The Bertz CT molecular complexity index is 657. The maximum atomic E-state index is 13.2. The average molecular weight is 331 g/mol. The zero-order chi connectivity index (χ0) is 16.9. The molecular formula is C18H21NO5. The summed E-state index contributed by atoms with van der Waals surface area (Å²) in [6, 6.07) is 9.11. The van der Waals surface area contributed by atoms with E-state index in [4.69, 9.17) is 14.2 Å². The van der Waals surface area contributed by atoms with Crippen molar-refractivity contribution in [2.75, 3.05) is 32.3 Å². The van der Waals surface area contributed by atoms with Gasteiger partial charge in [-0.15, -0.1) is 0 Å². The zero-order valence-corrected chi connectivity index (χ0v) is 13.8. The lowest BCUT2D eigenvalue weighted by Crippen LogP contribution is -2.55. The van der Waals surface area contributed by atoms with Gasteiger partial charge in [0.15, 0.2) is 5.79 Å². The first kappa shape index (κ1) is 15.7. The first-order valence-electron chi connectivity index (χ1n) is 8.24. The van der Waals surface area contributed by atoms with Crippen LogP contribution in [0.3, 0.4) is 0 Å². The number of nitrogens with zero attached hydrogens (tertiary/aromatic N) is 1. The van der Waals surface area contributed by atoms with Crippen molar-refractivity contribution < 1.29 is 23.8 Å². The molecule has 0 unspecified atom stereocenters. The third-order valence-corrected chi connectivity index (χ3v) is 5.79. The number of carbonyl (C=O) groups is 2. The molecule has 2 bridgehead atoms. The Morgan fingerprint density at radius 1 is 1.04 bits per heavy atom. The van der Waals surface area contributed by atoms with Gasteiger partial charge in [0, 0.05) is 26.6 Å². The van der Waals surface area contributed by atoms with Crippen LogP contribution in [0, 0.1) is 23.7 Å². The molecule has 3 saturated heterocycles. The molecule has 0 aromatic heterocycles. The molecule has 3 heterocycles. The van der Waals surface area contributed by atoms with Crippen LogP contribution < -0.4 is 4.90 Å². The average Bonchev–Trinajstić information content (AvgIpc) is 2.79. The van der Waals surface area contributed by atoms with Crippen LogP contribution in [0.15, 0.2) is 30.3 Å². The summed E-state index contributed by atoms with van der Waals surface area (Å²) < 4.78 is 17.1. The second-order valence-electron chi connectivity index (χ2n) is 6.73. The van der Waals surface area contributed by atoms with Crippen LogP contribution in [0.4, 0.5) is 5.69 Å². The molecule has 2 amide bonds. The molecule has 1 aromatic carbocycles. The van der Waals surface area contributed by atoms with Crippen LogP contribution in [-0.2, 0) is 23.8 Å². The Kier molecular flexibility index (Phi) is 3.71. The van der Waals surface area contributed by atoms with Crippen molar-refractivity contribution >= 4 is 17.5 Å². The van der Waals surface area contributed by atoms with E-state index in [2.05, 4.69) is 0 Å². The molecule has 4 fully saturated rings. The molecule has 0 N–H and O–H groups in total. The molecule has 1 saturated carbocycles. The van der Waals surface area contributed by atoms with Crippen molar-refractivity contribution in [2.45, 2.75) is 12.2 Å². The quantitative estimate of drug-likeness (QED) is 0.619. The van der Waals surface area contributed by atoms with Crippen molar-refractivity contribution in [3.05, 3.63) is 30.3 Å². The van der Waals surface area contributed by atoms with Gasteiger partial charge in [-0.3, -0.25) is 14.5 Å². The van der Waals surface area contributed by atoms with E-state index < -0.39 is 11.7 Å². The van der Waals surface area contributed by atoms with Crippen LogP contribution in [0.5, 0.6) is 0 Å². The second kappa shape index (κ2) is 5.65. The second-order valence-corrected chi connectivity index (χ2v) is 6.73. The fourth-order valence-electron chi connectivity index (χ4n) is 4.67. The van der Waals surface area contributed by atoms with Crippen LogP contribution in [0.25, 0.3) is 0 Å². The van der Waals surface area contributed by atoms with Gasteiger partial charge in [-0.05, 0) is 18.1 Å². The molecule has 6 nitrogen and oxygen atoms in total. The minimum Gasteiger partial charge on any atom is -0.381 e. The third-order valence-electron chi connectivity index (χ3n) is 5.79. The van der Waals surface area contributed by atoms with Crippen molar-refractivity contribution in [1.29, 1.82) is 0 Å². The van der Waals surface area contributed by atoms with Crippen LogP contribution in [0.2, 0.25) is 0 Å². The van der Waals surface area contributed by atoms with Crippen molar-refractivity contribution in [3.63, 3.8) is 0 Å². The van der Waals surface area contributed by atoms with Gasteiger partial charge in [-0.1, -0.05) is 18.2 Å². The Morgan fingerprint density at radius 3 is 2.38 bits per heavy atom. The summed E-state index contributed by atoms with van der Waals surface area (Å²) in [5.41, 5.74) is 0.626. The summed E-state index contributed by atoms with van der Waals surface area (Å²) in [5, 5.41) is 0. The minimum absolute atomic E-state index is 0.0844. The number of para-hydroxylation sites is 1. The van der Waals surface area contributed by atoms with Crippen LogP contribution in [0.1, 0.15) is 6.42 Å². The Morgan fingerprint density at radius 2 is 1.71 bits per heavy atom. The number of hydrogen-bond donors (Lipinski definition) is 0. The molecular weight excluding hydrogens is 310 g/mol. The fourth-order valence-corrected chi connectivity index (χ4v) is 4.67. The van der Waals surface area contributed by atoms with Gasteiger partial charge in [0.2, 0.25) is 11.8 Å². The van der Waals surface area contributed by atoms with Gasteiger partial charge in [-0.25, -0.2) is 0 Å². The number of methoxy groups -OCH3 is 2. The summed E-state index contributed by atoms with van der Waals surface area (Å²) in [5.74, 6) is -2.36. The molecule has 4 atom stereocenters. The molecule has 5 rings (SSSR count). The van der Waals surface area contributed by atoms with Crippen molar-refractivity contribution in [1.82, 2.24) is 0 Å². The monoisotopic (exact) mass is 331 g/mol. The van der Waals surface area contributed by atoms with Crippen LogP contribution in [-0.4, -0.2) is 45.0 Å². The maximum Gasteiger partial charge on any atom is 0.238 e. The molecule has 1 aromatic rings. The van der Waals surface area contributed by atoms with Gasteiger partial charge in [-0.2, -0.15) is 0 Å². The SMILES string of the molecule is COC1(OC)C[C@@H]2COC[C@H]1[C@H]1C(=O)N(c3ccccc3)C(=O)[C@@H]21. The standard InChI is InChI=1S/C18H21NO5/c1-22-18(23-2)8-11-9-24-10-13(18)15-14(11)16(20)19(17(15)21)12-6-4-3-5-7-12/h3-7,11,13-15H,8-10H2,1-2H3/t11-,13+,14+,15-/m1/s1. The topological polar surface area (TPSA) is 65.1 Å².